The Labute approximate surface area is 87.2 Å². The summed E-state index contributed by atoms with van der Waals surface area (Å²) in [5.74, 6) is -0.923. The van der Waals surface area contributed by atoms with Crippen LogP contribution in [0.25, 0.3) is 11.0 Å². The molecule has 0 aromatic carbocycles. The molecule has 0 aliphatic carbocycles. The predicted molar refractivity (Wildman–Crippen MR) is 57.1 cm³/mol. The highest BCUT2D eigenvalue weighted by molar-refractivity contribution is 5.93. The molecule has 0 aliphatic rings. The minimum Gasteiger partial charge on any atom is -0.477 e. The highest BCUT2D eigenvalue weighted by Crippen LogP contribution is 2.18. The molecule has 2 heterocycles. The van der Waals surface area contributed by atoms with Crippen LogP contribution < -0.4 is 0 Å². The van der Waals surface area contributed by atoms with Crippen molar-refractivity contribution < 1.29 is 9.90 Å². The van der Waals surface area contributed by atoms with Gasteiger partial charge in [-0.15, -0.1) is 0 Å². The molecule has 0 amide bonds. The Balaban J connectivity index is 2.72. The number of nitrogens with zero attached hydrogens (tertiary/aromatic N) is 2. The summed E-state index contributed by atoms with van der Waals surface area (Å²) in [5, 5.41) is 8.94. The second kappa shape index (κ2) is 3.38. The Kier molecular flexibility index (Phi) is 2.19. The van der Waals surface area contributed by atoms with Crippen molar-refractivity contribution in [2.24, 2.45) is 7.05 Å². The minimum absolute atomic E-state index is 0.269. The Hall–Kier alpha value is -1.84. The molecule has 0 bridgehead atoms. The van der Waals surface area contributed by atoms with Crippen molar-refractivity contribution in [3.05, 3.63) is 29.6 Å². The van der Waals surface area contributed by atoms with Crippen molar-refractivity contribution in [3.63, 3.8) is 0 Å². The molecule has 4 nitrogen and oxygen atoms in total. The maximum absolute atomic E-state index is 10.9. The van der Waals surface area contributed by atoms with Crippen LogP contribution in [0, 0.1) is 0 Å². The fourth-order valence-electron chi connectivity index (χ4n) is 1.64. The molecule has 4 heteroatoms. The molecule has 0 fully saturated rings. The molecule has 0 saturated heterocycles. The highest BCUT2D eigenvalue weighted by Gasteiger charge is 2.12. The molecule has 0 saturated carbocycles. The molecule has 0 aliphatic heterocycles. The maximum atomic E-state index is 10.9. The normalized spacial score (nSPS) is 10.8. The van der Waals surface area contributed by atoms with Gasteiger partial charge in [0.2, 0.25) is 0 Å². The predicted octanol–water partition coefficient (Wildman–Crippen LogP) is 1.83. The first-order valence-corrected chi connectivity index (χ1v) is 4.81. The largest absolute Gasteiger partial charge is 0.477 e. The van der Waals surface area contributed by atoms with E-state index in [1.165, 1.54) is 0 Å². The van der Waals surface area contributed by atoms with Crippen molar-refractivity contribution in [2.45, 2.75) is 13.3 Å². The average Bonchev–Trinajstić information content (AvgIpc) is 2.56. The SMILES string of the molecule is CCc1cnc2cc(C(=O)O)n(C)c2c1. The first-order chi connectivity index (χ1) is 7.13. The van der Waals surface area contributed by atoms with E-state index in [4.69, 9.17) is 5.11 Å². The molecule has 0 spiro atoms. The Bertz CT molecular complexity index is 529. The smallest absolute Gasteiger partial charge is 0.352 e. The van der Waals surface area contributed by atoms with Crippen molar-refractivity contribution in [3.8, 4) is 0 Å². The van der Waals surface area contributed by atoms with Crippen LogP contribution in [0.4, 0.5) is 0 Å². The molecule has 0 radical (unpaired) electrons. The summed E-state index contributed by atoms with van der Waals surface area (Å²) in [5.41, 5.74) is 2.98. The number of hydrogen-bond donors (Lipinski definition) is 1. The van der Waals surface area contributed by atoms with Crippen LogP contribution in [0.15, 0.2) is 18.3 Å². The lowest BCUT2D eigenvalue weighted by atomic mass is 10.2. The first-order valence-electron chi connectivity index (χ1n) is 4.81. The van der Waals surface area contributed by atoms with Gasteiger partial charge in [0.15, 0.2) is 0 Å². The van der Waals surface area contributed by atoms with Crippen LogP contribution in [0.5, 0.6) is 0 Å². The number of fused-ring (bicyclic) bond motifs is 1. The monoisotopic (exact) mass is 204 g/mol. The summed E-state index contributed by atoms with van der Waals surface area (Å²) in [7, 11) is 1.74. The van der Waals surface area contributed by atoms with Crippen molar-refractivity contribution >= 4 is 17.0 Å². The van der Waals surface area contributed by atoms with Crippen LogP contribution in [0.2, 0.25) is 0 Å². The molecule has 2 rings (SSSR count). The molecule has 0 unspecified atom stereocenters. The van der Waals surface area contributed by atoms with Gasteiger partial charge in [0.05, 0.1) is 11.0 Å². The molecule has 78 valence electrons. The van der Waals surface area contributed by atoms with Crippen LogP contribution in [-0.2, 0) is 13.5 Å². The summed E-state index contributed by atoms with van der Waals surface area (Å²) < 4.78 is 1.66. The second-order valence-corrected chi connectivity index (χ2v) is 3.50. The van der Waals surface area contributed by atoms with Gasteiger partial charge in [-0.1, -0.05) is 6.92 Å². The van der Waals surface area contributed by atoms with E-state index in [0.29, 0.717) is 0 Å². The lowest BCUT2D eigenvalue weighted by Crippen LogP contribution is -2.03. The molecular formula is C11H12N2O2. The lowest BCUT2D eigenvalue weighted by Gasteiger charge is -2.00. The van der Waals surface area contributed by atoms with E-state index >= 15 is 0 Å². The Morgan fingerprint density at radius 1 is 1.53 bits per heavy atom. The zero-order valence-electron chi connectivity index (χ0n) is 8.69. The van der Waals surface area contributed by atoms with E-state index in [2.05, 4.69) is 4.98 Å². The van der Waals surface area contributed by atoms with Crippen LogP contribution >= 0.6 is 0 Å². The third-order valence-corrected chi connectivity index (χ3v) is 2.58. The minimum atomic E-state index is -0.923. The number of aromatic nitrogens is 2. The van der Waals surface area contributed by atoms with Gasteiger partial charge < -0.3 is 9.67 Å². The third kappa shape index (κ3) is 1.48. The second-order valence-electron chi connectivity index (χ2n) is 3.50. The molecule has 1 N–H and O–H groups in total. The van der Waals surface area contributed by atoms with Crippen molar-refractivity contribution in [1.82, 2.24) is 9.55 Å². The zero-order chi connectivity index (χ0) is 11.0. The molecular weight excluding hydrogens is 192 g/mol. The van der Waals surface area contributed by atoms with Gasteiger partial charge in [-0.25, -0.2) is 4.79 Å². The molecule has 2 aromatic heterocycles. The lowest BCUT2D eigenvalue weighted by molar-refractivity contribution is 0.0687. The Morgan fingerprint density at radius 2 is 2.27 bits per heavy atom. The quantitative estimate of drug-likeness (QED) is 0.812. The van der Waals surface area contributed by atoms with E-state index < -0.39 is 5.97 Å². The van der Waals surface area contributed by atoms with E-state index in [0.717, 1.165) is 23.0 Å². The molecule has 2 aromatic rings. The van der Waals surface area contributed by atoms with Crippen molar-refractivity contribution in [1.29, 1.82) is 0 Å². The van der Waals surface area contributed by atoms with Gasteiger partial charge in [-0.05, 0) is 24.1 Å². The Morgan fingerprint density at radius 3 is 2.87 bits per heavy atom. The van der Waals surface area contributed by atoms with Gasteiger partial charge in [0, 0.05) is 13.2 Å². The molecule has 15 heavy (non-hydrogen) atoms. The van der Waals surface area contributed by atoms with E-state index in [9.17, 15) is 4.79 Å². The number of aromatic carboxylic acids is 1. The highest BCUT2D eigenvalue weighted by atomic mass is 16.4. The number of carbonyl (C=O) groups is 1. The first kappa shape index (κ1) is 9.71. The third-order valence-electron chi connectivity index (χ3n) is 2.58. The van der Waals surface area contributed by atoms with Gasteiger partial charge in [-0.2, -0.15) is 0 Å². The summed E-state index contributed by atoms with van der Waals surface area (Å²) in [6, 6.07) is 3.58. The van der Waals surface area contributed by atoms with Gasteiger partial charge in [0.1, 0.15) is 5.69 Å². The number of pyridine rings is 1. The van der Waals surface area contributed by atoms with Crippen LogP contribution in [0.3, 0.4) is 0 Å². The zero-order valence-corrected chi connectivity index (χ0v) is 8.69. The fraction of sp³-hybridized carbons (Fsp3) is 0.273. The summed E-state index contributed by atoms with van der Waals surface area (Å²) in [6.07, 6.45) is 2.69. The summed E-state index contributed by atoms with van der Waals surface area (Å²) in [4.78, 5) is 15.1. The summed E-state index contributed by atoms with van der Waals surface area (Å²) >= 11 is 0. The number of carboxylic acid groups (broad SMARTS) is 1. The number of aryl methyl sites for hydroxylation is 2. The fourth-order valence-corrected chi connectivity index (χ4v) is 1.64. The van der Waals surface area contributed by atoms with E-state index in [1.807, 2.05) is 13.0 Å². The van der Waals surface area contributed by atoms with Gasteiger partial charge >= 0.3 is 5.97 Å². The number of hydrogen-bond acceptors (Lipinski definition) is 2. The number of rotatable bonds is 2. The van der Waals surface area contributed by atoms with Crippen LogP contribution in [0.1, 0.15) is 23.0 Å². The van der Waals surface area contributed by atoms with Gasteiger partial charge in [0.25, 0.3) is 0 Å². The average molecular weight is 204 g/mol. The maximum Gasteiger partial charge on any atom is 0.352 e. The standard InChI is InChI=1S/C11H12N2O2/c1-3-7-4-9-8(12-6-7)5-10(11(14)15)13(9)2/h4-6H,3H2,1-2H3,(H,14,15). The van der Waals surface area contributed by atoms with E-state index in [1.54, 1.807) is 23.9 Å². The summed E-state index contributed by atoms with van der Waals surface area (Å²) in [6.45, 7) is 2.05. The van der Waals surface area contributed by atoms with Crippen LogP contribution in [-0.4, -0.2) is 20.6 Å². The van der Waals surface area contributed by atoms with Gasteiger partial charge in [-0.3, -0.25) is 4.98 Å². The van der Waals surface area contributed by atoms with Crippen molar-refractivity contribution in [2.75, 3.05) is 0 Å². The molecule has 0 atom stereocenters. The topological polar surface area (TPSA) is 55.1 Å². The van der Waals surface area contributed by atoms with E-state index in [-0.39, 0.29) is 5.69 Å². The number of carboxylic acids is 1.